The van der Waals surface area contributed by atoms with Gasteiger partial charge in [-0.15, -0.1) is 0 Å². The van der Waals surface area contributed by atoms with Crippen molar-refractivity contribution in [3.8, 4) is 45.3 Å². The molecule has 4 fully saturated rings. The average Bonchev–Trinajstić information content (AvgIpc) is 4.31. The number of rotatable bonds is 12. The molecule has 1 N–H and O–H groups in total. The smallest absolute Gasteiger partial charge is 0.410 e. The molecule has 4 aliphatic heterocycles. The molecule has 4 aliphatic rings. The highest BCUT2D eigenvalue weighted by Crippen LogP contribution is 2.48. The Morgan fingerprint density at radius 2 is 1.05 bits per heavy atom. The number of aromatic nitrogens is 4. The fourth-order valence-electron chi connectivity index (χ4n) is 10.7. The predicted molar refractivity (Wildman–Crippen MR) is 300 cm³/mol. The van der Waals surface area contributed by atoms with Crippen molar-refractivity contribution in [2.24, 2.45) is 11.8 Å². The van der Waals surface area contributed by atoms with Crippen molar-refractivity contribution in [1.29, 1.82) is 0 Å². The van der Waals surface area contributed by atoms with Crippen molar-refractivity contribution in [3.63, 3.8) is 0 Å². The quantitative estimate of drug-likeness (QED) is 0.123. The van der Waals surface area contributed by atoms with Crippen LogP contribution in [0.3, 0.4) is 0 Å². The first kappa shape index (κ1) is 55.8. The van der Waals surface area contributed by atoms with Gasteiger partial charge in [0.1, 0.15) is 46.3 Å². The van der Waals surface area contributed by atoms with Gasteiger partial charge >= 0.3 is 6.09 Å². The number of nitrogens with zero attached hydrogens (tertiary/aromatic N) is 7. The Labute approximate surface area is 469 Å². The minimum atomic E-state index is -0.652. The molecule has 10 rings (SSSR count). The molecule has 6 heterocycles. The van der Waals surface area contributed by atoms with Gasteiger partial charge in [0.25, 0.3) is 0 Å². The van der Waals surface area contributed by atoms with Crippen LogP contribution in [0.2, 0.25) is 20.1 Å². The summed E-state index contributed by atoms with van der Waals surface area (Å²) < 4.78 is 27.3. The number of amides is 3. The largest absolute Gasteiger partial charge is 0.495 e. The first-order valence-corrected chi connectivity index (χ1v) is 27.5. The Balaban J connectivity index is 0.000000191. The van der Waals surface area contributed by atoms with Crippen LogP contribution in [0.1, 0.15) is 70.9 Å². The van der Waals surface area contributed by atoms with Gasteiger partial charge in [-0.3, -0.25) is 14.5 Å². The highest BCUT2D eigenvalue weighted by atomic mass is 35.5. The van der Waals surface area contributed by atoms with E-state index in [2.05, 4.69) is 15.3 Å². The van der Waals surface area contributed by atoms with Crippen molar-refractivity contribution < 1.29 is 38.1 Å². The normalized spacial score (nSPS) is 19.4. The molecule has 6 aromatic rings. The number of hydrogen-bond acceptors (Lipinski definition) is 13. The van der Waals surface area contributed by atoms with Crippen LogP contribution in [0.5, 0.6) is 23.0 Å². The zero-order valence-corrected chi connectivity index (χ0v) is 47.4. The Kier molecular flexibility index (Phi) is 17.4. The van der Waals surface area contributed by atoms with E-state index >= 15 is 0 Å². The molecule has 408 valence electrons. The number of hydrogen-bond donors (Lipinski definition) is 1. The minimum Gasteiger partial charge on any atom is -0.495 e. The second kappa shape index (κ2) is 24.0. The molecule has 3 amide bonds. The second-order valence-electron chi connectivity index (χ2n) is 21.0. The SMILES string of the molecule is COc1cc(OC)c(Cl)c(-c2ccc3nc(C[C@@H]4CN[C@H](C(=O)N5CCCC5)C4)ncc3c2)c1Cl.COc1cc(OC)c(Cl)c(-c2ccc3nc(C[C@H]4C[C@@H](C(=O)N5CCCC5)N(C(=O)OC(C)(C)C)C4)ncc3c2)c1Cl. The molecule has 0 bridgehead atoms. The van der Waals surface area contributed by atoms with Crippen LogP contribution in [0.4, 0.5) is 4.79 Å². The molecule has 0 saturated carbocycles. The van der Waals surface area contributed by atoms with Gasteiger partial charge in [0.2, 0.25) is 11.8 Å². The minimum absolute atomic E-state index is 0.000636. The Hall–Kier alpha value is -5.91. The first-order chi connectivity index (χ1) is 37.0. The molecule has 4 saturated heterocycles. The maximum absolute atomic E-state index is 13.4. The van der Waals surface area contributed by atoms with Crippen LogP contribution in [0, 0.1) is 11.8 Å². The third-order valence-electron chi connectivity index (χ3n) is 14.6. The number of likely N-dealkylation sites (tertiary alicyclic amines) is 3. The van der Waals surface area contributed by atoms with E-state index in [0.717, 1.165) is 110 Å². The summed E-state index contributed by atoms with van der Waals surface area (Å²) in [5, 5.41) is 6.70. The molecule has 0 spiro atoms. The summed E-state index contributed by atoms with van der Waals surface area (Å²) in [6, 6.07) is 14.3. The van der Waals surface area contributed by atoms with Crippen LogP contribution >= 0.6 is 46.4 Å². The molecule has 0 aliphatic carbocycles. The summed E-state index contributed by atoms with van der Waals surface area (Å²) in [4.78, 5) is 63.5. The topological polar surface area (TPSA) is 171 Å². The van der Waals surface area contributed by atoms with Gasteiger partial charge in [-0.05, 0) is 113 Å². The Morgan fingerprint density at radius 3 is 1.49 bits per heavy atom. The summed E-state index contributed by atoms with van der Waals surface area (Å²) in [5.41, 5.74) is 3.79. The number of halogens is 4. The van der Waals surface area contributed by atoms with Crippen molar-refractivity contribution >= 4 is 86.1 Å². The highest BCUT2D eigenvalue weighted by Gasteiger charge is 2.44. The number of carbonyl (C=O) groups excluding carboxylic acids is 3. The number of fused-ring (bicyclic) bond motifs is 2. The van der Waals surface area contributed by atoms with E-state index in [4.69, 9.17) is 80.1 Å². The third kappa shape index (κ3) is 12.4. The average molecular weight is 1130 g/mol. The summed E-state index contributed by atoms with van der Waals surface area (Å²) in [5.74, 6) is 3.92. The number of carbonyl (C=O) groups is 3. The van der Waals surface area contributed by atoms with Crippen molar-refractivity contribution in [3.05, 3.63) is 92.7 Å². The van der Waals surface area contributed by atoms with Gasteiger partial charge in [0.15, 0.2) is 0 Å². The van der Waals surface area contributed by atoms with E-state index in [0.29, 0.717) is 85.3 Å². The van der Waals surface area contributed by atoms with Crippen molar-refractivity contribution in [2.75, 3.05) is 67.7 Å². The summed E-state index contributed by atoms with van der Waals surface area (Å²) in [6.45, 7) is 9.94. The van der Waals surface area contributed by atoms with E-state index in [1.165, 1.54) is 14.2 Å². The Morgan fingerprint density at radius 1 is 0.610 bits per heavy atom. The molecular weight excluding hydrogens is 1070 g/mol. The number of ether oxygens (including phenoxy) is 5. The number of methoxy groups -OCH3 is 4. The lowest BCUT2D eigenvalue weighted by Crippen LogP contribution is -2.48. The predicted octanol–water partition coefficient (Wildman–Crippen LogP) is 11.2. The molecule has 20 heteroatoms. The van der Waals surface area contributed by atoms with Gasteiger partial charge in [-0.1, -0.05) is 58.5 Å². The lowest BCUT2D eigenvalue weighted by atomic mass is 10.00. The van der Waals surface area contributed by atoms with Crippen molar-refractivity contribution in [1.82, 2.24) is 40.0 Å². The summed E-state index contributed by atoms with van der Waals surface area (Å²) in [7, 11) is 6.18. The van der Waals surface area contributed by atoms with Gasteiger partial charge in [0.05, 0.1) is 65.6 Å². The van der Waals surface area contributed by atoms with Crippen LogP contribution in [-0.2, 0) is 27.2 Å². The monoisotopic (exact) mass is 1130 g/mol. The highest BCUT2D eigenvalue weighted by molar-refractivity contribution is 6.42. The molecule has 77 heavy (non-hydrogen) atoms. The fraction of sp³-hybridized carbons (Fsp3) is 0.456. The zero-order valence-electron chi connectivity index (χ0n) is 44.4. The van der Waals surface area contributed by atoms with E-state index in [9.17, 15) is 14.4 Å². The van der Waals surface area contributed by atoms with E-state index < -0.39 is 17.7 Å². The number of benzene rings is 4. The second-order valence-corrected chi connectivity index (χ2v) is 22.5. The van der Waals surface area contributed by atoms with Gasteiger partial charge < -0.3 is 38.8 Å². The van der Waals surface area contributed by atoms with E-state index in [1.807, 2.05) is 73.2 Å². The fourth-order valence-corrected chi connectivity index (χ4v) is 12.2. The summed E-state index contributed by atoms with van der Waals surface area (Å²) >= 11 is 26.5. The summed E-state index contributed by atoms with van der Waals surface area (Å²) in [6.07, 6.45) is 9.98. The molecule has 4 atom stereocenters. The molecule has 4 aromatic carbocycles. The maximum atomic E-state index is 13.4. The zero-order chi connectivity index (χ0) is 54.7. The maximum Gasteiger partial charge on any atom is 0.410 e. The van der Waals surface area contributed by atoms with Crippen LogP contribution in [0.25, 0.3) is 44.1 Å². The van der Waals surface area contributed by atoms with Crippen molar-refractivity contribution in [2.45, 2.75) is 89.8 Å². The molecule has 0 unspecified atom stereocenters. The van der Waals surface area contributed by atoms with Crippen LogP contribution in [-0.4, -0.2) is 138 Å². The molecular formula is C57H64Cl4N8O8. The van der Waals surface area contributed by atoms with Gasteiger partial charge in [-0.2, -0.15) is 0 Å². The lowest BCUT2D eigenvalue weighted by Gasteiger charge is -2.30. The van der Waals surface area contributed by atoms with E-state index in [1.54, 1.807) is 37.4 Å². The molecule has 0 radical (unpaired) electrons. The van der Waals surface area contributed by atoms with Crippen LogP contribution < -0.4 is 24.3 Å². The Bertz CT molecular complexity index is 3130. The molecule has 2 aromatic heterocycles. The third-order valence-corrected chi connectivity index (χ3v) is 16.1. The van der Waals surface area contributed by atoms with Crippen LogP contribution in [0.15, 0.2) is 60.9 Å². The van der Waals surface area contributed by atoms with Gasteiger partial charge in [-0.25, -0.2) is 24.7 Å². The molecule has 16 nitrogen and oxygen atoms in total. The lowest BCUT2D eigenvalue weighted by molar-refractivity contribution is -0.135. The number of nitrogens with one attached hydrogen (secondary N) is 1. The van der Waals surface area contributed by atoms with Gasteiger partial charge in [0, 0.05) is 92.0 Å². The first-order valence-electron chi connectivity index (χ1n) is 26.0. The van der Waals surface area contributed by atoms with E-state index in [-0.39, 0.29) is 23.8 Å². The standard InChI is InChI=1S/C31H36Cl2N4O5.C26H28Cl2N4O3/c1-31(2,3)42-30(39)37-17-18(12-22(37)29(38)36-10-6-7-11-36)13-25-34-16-20-14-19(8-9-21(20)35-25)26-27(32)23(40-4)15-24(41-5)28(26)33;1-34-20-12-21(35-2)25(28)23(24(20)27)16-5-6-18-17(11-16)14-30-22(31-18)10-15-9-19(29-13-15)26(33)32-7-3-4-8-32/h8-9,14-16,18,22H,6-7,10-13,17H2,1-5H3;5-6,11-12,14-15,19,29H,3-4,7-10,13H2,1-2H3/t18-,22+;15-,19+/m11/s1.